The van der Waals surface area contributed by atoms with Crippen molar-refractivity contribution in [3.8, 4) is 17.0 Å². The molecule has 0 fully saturated rings. The van der Waals surface area contributed by atoms with Crippen LogP contribution >= 0.6 is 23.2 Å². The summed E-state index contributed by atoms with van der Waals surface area (Å²) in [6.45, 7) is 3.72. The zero-order valence-corrected chi connectivity index (χ0v) is 20.4. The molecule has 0 unspecified atom stereocenters. The van der Waals surface area contributed by atoms with Gasteiger partial charge in [-0.1, -0.05) is 37.0 Å². The molecule has 1 amide bonds. The molecule has 10 heteroatoms. The fourth-order valence-corrected chi connectivity index (χ4v) is 4.74. The van der Waals surface area contributed by atoms with E-state index in [9.17, 15) is 17.6 Å². The molecule has 0 saturated carbocycles. The van der Waals surface area contributed by atoms with Gasteiger partial charge < -0.3 is 4.74 Å². The van der Waals surface area contributed by atoms with Gasteiger partial charge in [-0.15, -0.1) is 0 Å². The zero-order chi connectivity index (χ0) is 24.3. The molecule has 33 heavy (non-hydrogen) atoms. The number of sulfonamides is 1. The fraction of sp³-hybridized carbons (Fsp3) is 0.217. The van der Waals surface area contributed by atoms with Crippen LogP contribution in [0.5, 0.6) is 5.88 Å². The Morgan fingerprint density at radius 1 is 1.12 bits per heavy atom. The van der Waals surface area contributed by atoms with Gasteiger partial charge >= 0.3 is 0 Å². The summed E-state index contributed by atoms with van der Waals surface area (Å²) in [5, 5.41) is 0.230. The Morgan fingerprint density at radius 3 is 2.48 bits per heavy atom. The van der Waals surface area contributed by atoms with Crippen molar-refractivity contribution in [3.63, 3.8) is 0 Å². The minimum atomic E-state index is -4.19. The topological polar surface area (TPSA) is 85.4 Å². The standard InChI is InChI=1S/C23H21Cl2FN2O4S/c1-13(2)17-9-15(26)10-18(14-6-7-27-23(8-14)32-3)19(17)12-22(29)28-33(30,31)16-4-5-20(24)21(25)11-16/h4-11,13H,12H2,1-3H3,(H,28,29). The van der Waals surface area contributed by atoms with E-state index >= 15 is 0 Å². The molecule has 6 nitrogen and oxygen atoms in total. The average molecular weight is 511 g/mol. The van der Waals surface area contributed by atoms with E-state index in [0.717, 1.165) is 6.07 Å². The van der Waals surface area contributed by atoms with Crippen LogP contribution in [0.4, 0.5) is 4.39 Å². The number of benzene rings is 2. The van der Waals surface area contributed by atoms with E-state index in [2.05, 4.69) is 9.71 Å². The number of pyridine rings is 1. The summed E-state index contributed by atoms with van der Waals surface area (Å²) < 4.78 is 47.1. The minimum Gasteiger partial charge on any atom is -0.481 e. The van der Waals surface area contributed by atoms with Crippen molar-refractivity contribution in [1.82, 2.24) is 9.71 Å². The molecule has 1 heterocycles. The number of halogens is 3. The van der Waals surface area contributed by atoms with Crippen molar-refractivity contribution in [2.24, 2.45) is 0 Å². The summed E-state index contributed by atoms with van der Waals surface area (Å²) >= 11 is 11.8. The van der Waals surface area contributed by atoms with E-state index in [4.69, 9.17) is 27.9 Å². The first kappa shape index (κ1) is 25.0. The molecule has 0 spiro atoms. The van der Waals surface area contributed by atoms with Crippen LogP contribution in [-0.2, 0) is 21.2 Å². The molecule has 1 aromatic heterocycles. The van der Waals surface area contributed by atoms with Crippen molar-refractivity contribution >= 4 is 39.1 Å². The van der Waals surface area contributed by atoms with Crippen molar-refractivity contribution in [3.05, 3.63) is 75.7 Å². The molecule has 0 aliphatic carbocycles. The summed E-state index contributed by atoms with van der Waals surface area (Å²) in [4.78, 5) is 16.7. The van der Waals surface area contributed by atoms with Gasteiger partial charge in [0.05, 0.1) is 28.5 Å². The molecule has 0 aliphatic rings. The van der Waals surface area contributed by atoms with Crippen molar-refractivity contribution in [2.75, 3.05) is 7.11 Å². The number of carbonyl (C=O) groups is 1. The predicted octanol–water partition coefficient (Wildman–Crippen LogP) is 5.37. The molecule has 3 rings (SSSR count). The van der Waals surface area contributed by atoms with Gasteiger partial charge in [0.2, 0.25) is 11.8 Å². The van der Waals surface area contributed by atoms with Gasteiger partial charge in [0, 0.05) is 12.3 Å². The Balaban J connectivity index is 2.01. The lowest BCUT2D eigenvalue weighted by molar-refractivity contribution is -0.118. The second-order valence-electron chi connectivity index (χ2n) is 7.54. The van der Waals surface area contributed by atoms with Crippen LogP contribution in [0, 0.1) is 5.82 Å². The first-order valence-corrected chi connectivity index (χ1v) is 12.1. The second-order valence-corrected chi connectivity index (χ2v) is 10.0. The number of methoxy groups -OCH3 is 1. The highest BCUT2D eigenvalue weighted by Crippen LogP contribution is 2.33. The average Bonchev–Trinajstić information content (AvgIpc) is 2.75. The maximum Gasteiger partial charge on any atom is 0.264 e. The third-order valence-electron chi connectivity index (χ3n) is 4.91. The van der Waals surface area contributed by atoms with Gasteiger partial charge in [0.1, 0.15) is 5.82 Å². The van der Waals surface area contributed by atoms with Crippen molar-refractivity contribution in [2.45, 2.75) is 31.1 Å². The van der Waals surface area contributed by atoms with Crippen LogP contribution in [0.15, 0.2) is 53.6 Å². The SMILES string of the molecule is COc1cc(-c2cc(F)cc(C(C)C)c2CC(=O)NS(=O)(=O)c2ccc(Cl)c(Cl)c2)ccn1. The third-order valence-corrected chi connectivity index (χ3v) is 7.02. The second kappa shape index (κ2) is 10.1. The summed E-state index contributed by atoms with van der Waals surface area (Å²) in [6.07, 6.45) is 1.21. The largest absolute Gasteiger partial charge is 0.481 e. The molecule has 174 valence electrons. The molecule has 0 saturated heterocycles. The quantitative estimate of drug-likeness (QED) is 0.461. The van der Waals surface area contributed by atoms with Crippen molar-refractivity contribution < 1.29 is 22.3 Å². The van der Waals surface area contributed by atoms with Crippen LogP contribution in [-0.4, -0.2) is 26.4 Å². The molecule has 0 radical (unpaired) electrons. The normalized spacial score (nSPS) is 11.5. The van der Waals surface area contributed by atoms with Crippen LogP contribution in [0.2, 0.25) is 10.0 Å². The minimum absolute atomic E-state index is 0.0431. The van der Waals surface area contributed by atoms with E-state index in [-0.39, 0.29) is 27.3 Å². The predicted molar refractivity (Wildman–Crippen MR) is 126 cm³/mol. The van der Waals surface area contributed by atoms with Crippen LogP contribution in [0.25, 0.3) is 11.1 Å². The van der Waals surface area contributed by atoms with Crippen molar-refractivity contribution in [1.29, 1.82) is 0 Å². The Labute approximate surface area is 201 Å². The van der Waals surface area contributed by atoms with Gasteiger partial charge in [-0.25, -0.2) is 22.5 Å². The Kier molecular flexibility index (Phi) is 7.62. The fourth-order valence-electron chi connectivity index (χ4n) is 3.37. The van der Waals surface area contributed by atoms with Crippen LogP contribution < -0.4 is 9.46 Å². The van der Waals surface area contributed by atoms with Gasteiger partial charge in [-0.3, -0.25) is 4.79 Å². The molecular formula is C23H21Cl2FN2O4S. The number of carbonyl (C=O) groups excluding carboxylic acids is 1. The van der Waals surface area contributed by atoms with Gasteiger partial charge in [0.15, 0.2) is 0 Å². The maximum atomic E-state index is 14.5. The Morgan fingerprint density at radius 2 is 1.85 bits per heavy atom. The molecule has 2 aromatic carbocycles. The van der Waals surface area contributed by atoms with E-state index in [1.165, 1.54) is 37.6 Å². The summed E-state index contributed by atoms with van der Waals surface area (Å²) in [6, 6.07) is 9.66. The number of rotatable bonds is 7. The number of ether oxygens (including phenoxy) is 1. The van der Waals surface area contributed by atoms with E-state index in [1.807, 2.05) is 13.8 Å². The molecule has 0 aliphatic heterocycles. The monoisotopic (exact) mass is 510 g/mol. The van der Waals surface area contributed by atoms with Crippen LogP contribution in [0.1, 0.15) is 30.9 Å². The first-order chi connectivity index (χ1) is 15.5. The molecule has 0 atom stereocenters. The summed E-state index contributed by atoms with van der Waals surface area (Å²) in [5.41, 5.74) is 2.12. The Hall–Kier alpha value is -2.68. The van der Waals surface area contributed by atoms with Gasteiger partial charge in [-0.2, -0.15) is 0 Å². The summed E-state index contributed by atoms with van der Waals surface area (Å²) in [5.74, 6) is -1.06. The summed E-state index contributed by atoms with van der Waals surface area (Å²) in [7, 11) is -2.74. The molecule has 3 aromatic rings. The highest BCUT2D eigenvalue weighted by molar-refractivity contribution is 7.90. The van der Waals surface area contributed by atoms with Gasteiger partial charge in [0.25, 0.3) is 10.0 Å². The van der Waals surface area contributed by atoms with E-state index < -0.39 is 21.7 Å². The molecule has 0 bridgehead atoms. The maximum absolute atomic E-state index is 14.5. The smallest absolute Gasteiger partial charge is 0.264 e. The third kappa shape index (κ3) is 5.82. The molecule has 1 N–H and O–H groups in total. The number of nitrogens with zero attached hydrogens (tertiary/aromatic N) is 1. The lowest BCUT2D eigenvalue weighted by Gasteiger charge is -2.18. The number of amides is 1. The lowest BCUT2D eigenvalue weighted by atomic mass is 9.88. The highest BCUT2D eigenvalue weighted by atomic mass is 35.5. The van der Waals surface area contributed by atoms with E-state index in [0.29, 0.717) is 28.1 Å². The highest BCUT2D eigenvalue weighted by Gasteiger charge is 2.23. The van der Waals surface area contributed by atoms with Gasteiger partial charge in [-0.05, 0) is 64.6 Å². The number of hydrogen-bond acceptors (Lipinski definition) is 5. The number of aromatic nitrogens is 1. The van der Waals surface area contributed by atoms with E-state index in [1.54, 1.807) is 12.1 Å². The first-order valence-electron chi connectivity index (χ1n) is 9.85. The Bertz CT molecular complexity index is 1310. The molecular weight excluding hydrogens is 490 g/mol. The zero-order valence-electron chi connectivity index (χ0n) is 18.0. The number of hydrogen-bond donors (Lipinski definition) is 1. The number of nitrogens with one attached hydrogen (secondary N) is 1. The van der Waals surface area contributed by atoms with Crippen LogP contribution in [0.3, 0.4) is 0 Å². The lowest BCUT2D eigenvalue weighted by Crippen LogP contribution is -2.32.